The van der Waals surface area contributed by atoms with Crippen molar-refractivity contribution in [2.45, 2.75) is 0 Å². The summed E-state index contributed by atoms with van der Waals surface area (Å²) in [4.78, 5) is 0. The Balaban J connectivity index is 0. The Hall–Kier alpha value is 7.47. The van der Waals surface area contributed by atoms with E-state index in [1.165, 1.54) is 0 Å². The summed E-state index contributed by atoms with van der Waals surface area (Å²) < 4.78 is 0. The summed E-state index contributed by atoms with van der Waals surface area (Å²) in [6, 6.07) is 0. The molecule has 0 N–H and O–H groups in total. The zero-order chi connectivity index (χ0) is 0. The van der Waals surface area contributed by atoms with Crippen LogP contribution in [-0.4, -0.2) is 0 Å². The number of hydrogen-bond donors (Lipinski definition) is 0. The van der Waals surface area contributed by atoms with Crippen molar-refractivity contribution in [1.82, 2.24) is 0 Å². The Morgan fingerprint density at radius 1 is 0.333 bits per heavy atom. The fourth-order valence-corrected chi connectivity index (χ4v) is 0. The van der Waals surface area contributed by atoms with E-state index in [4.69, 9.17) is 0 Å². The smallest absolute Gasteiger partial charge is 0.813 e. The van der Waals surface area contributed by atoms with Crippen molar-refractivity contribution in [1.29, 1.82) is 0 Å². The molecule has 0 radical (unpaired) electrons. The molecule has 0 fully saturated rings. The molecule has 140 valence electrons. The maximum absolute atomic E-state index is 0. The second-order valence-corrected chi connectivity index (χ2v) is 0. The van der Waals surface area contributed by atoms with Crippen LogP contribution in [0.5, 0.6) is 0 Å². The quantitative estimate of drug-likeness (QED) is 0.0812. The Labute approximate surface area is 264 Å². The molecule has 0 saturated heterocycles. The van der Waals surface area contributed by atoms with Gasteiger partial charge < -0.3 is 88.4 Å². The SMILES string of the molecule is [CH3-].[Fe+2].[Fe].[Fe].[Fe].[Fe].[Fe].[Fe].[Mo].[SH-].[SH-].[SH-].[SH-].[SH-].[SH-].[SH3+].[SH3+].[SH3+]. The van der Waals surface area contributed by atoms with Gasteiger partial charge in [-0.1, -0.05) is 40.5 Å². The van der Waals surface area contributed by atoms with Gasteiger partial charge in [0.2, 0.25) is 0 Å². The van der Waals surface area contributed by atoms with Gasteiger partial charge in [0, 0.05) is 123 Å². The van der Waals surface area contributed by atoms with Crippen LogP contribution in [0.1, 0.15) is 0 Å². The van der Waals surface area contributed by atoms with E-state index in [1.807, 2.05) is 0 Å². The Morgan fingerprint density at radius 2 is 0.333 bits per heavy atom. The molecular formula is CH18Fe7MoS9-2. The maximum atomic E-state index is 0. The van der Waals surface area contributed by atoms with Crippen molar-refractivity contribution in [3.63, 3.8) is 0 Å². The number of rotatable bonds is 0. The fourth-order valence-electron chi connectivity index (χ4n) is 0. The Morgan fingerprint density at radius 3 is 0.333 bits per heavy atom. The van der Waals surface area contributed by atoms with Crippen LogP contribution in [0.3, 0.4) is 0 Å². The molecule has 0 aliphatic rings. The third kappa shape index (κ3) is 212. The van der Waals surface area contributed by atoms with Gasteiger partial charge in [-0.25, -0.2) is 0 Å². The van der Waals surface area contributed by atoms with Gasteiger partial charge in [-0.05, 0) is 0 Å². The Kier molecular flexibility index (Phi) is 3660. The van der Waals surface area contributed by atoms with Crippen molar-refractivity contribution in [3.8, 4) is 0 Å². The summed E-state index contributed by atoms with van der Waals surface area (Å²) in [5.41, 5.74) is 0. The van der Waals surface area contributed by atoms with Gasteiger partial charge in [0.05, 0.1) is 0 Å². The third-order valence-electron chi connectivity index (χ3n) is 0. The maximum Gasteiger partial charge on any atom is 2.00 e. The second-order valence-electron chi connectivity index (χ2n) is 0. The van der Waals surface area contributed by atoms with E-state index in [-0.39, 0.29) is 269 Å². The minimum Gasteiger partial charge on any atom is -0.813 e. The molecule has 18 heavy (non-hydrogen) atoms. The van der Waals surface area contributed by atoms with Gasteiger partial charge in [0.1, 0.15) is 0 Å². The van der Waals surface area contributed by atoms with Gasteiger partial charge >= 0.3 is 17.1 Å². The molecule has 0 heterocycles. The minimum atomic E-state index is 0. The molecule has 0 rings (SSSR count). The molecule has 0 atom stereocenters. The molecule has 0 saturated carbocycles. The molecule has 0 aliphatic carbocycles. The molecular weight excluding hydrogens is 787 g/mol. The summed E-state index contributed by atoms with van der Waals surface area (Å²) in [5, 5.41) is 0. The van der Waals surface area contributed by atoms with Crippen LogP contribution in [0.15, 0.2) is 0 Å². The normalized spacial score (nSPS) is 0. The summed E-state index contributed by atoms with van der Waals surface area (Å²) >= 11 is 0. The van der Waals surface area contributed by atoms with Crippen molar-refractivity contribution in [3.05, 3.63) is 7.43 Å². The van der Waals surface area contributed by atoms with Crippen molar-refractivity contribution < 1.29 is 141 Å². The van der Waals surface area contributed by atoms with Crippen LogP contribution >= 0.6 is 0 Å². The molecule has 0 spiro atoms. The average Bonchev–Trinajstić information content (AvgIpc) is 0. The van der Waals surface area contributed by atoms with E-state index < -0.39 is 0 Å². The number of thiol groups is 6. The monoisotopic (exact) mass is 807 g/mol. The summed E-state index contributed by atoms with van der Waals surface area (Å²) in [6.07, 6.45) is 0. The first-order valence-electron chi connectivity index (χ1n) is 0. The molecule has 0 aromatic carbocycles. The summed E-state index contributed by atoms with van der Waals surface area (Å²) in [7, 11) is 0. The molecule has 0 bridgehead atoms. The molecule has 0 aromatic rings. The van der Waals surface area contributed by atoms with E-state index in [1.54, 1.807) is 0 Å². The van der Waals surface area contributed by atoms with E-state index in [0.29, 0.717) is 0 Å². The zero-order valence-electron chi connectivity index (χ0n) is 8.30. The summed E-state index contributed by atoms with van der Waals surface area (Å²) in [6.45, 7) is 0. The number of hydrogen-bond acceptors (Lipinski definition) is 6. The van der Waals surface area contributed by atoms with Crippen LogP contribution < -0.4 is 0 Å². The molecule has 17 heteroatoms. The summed E-state index contributed by atoms with van der Waals surface area (Å²) in [5.74, 6) is 0. The van der Waals surface area contributed by atoms with Gasteiger partial charge in [0.25, 0.3) is 0 Å². The molecule has 0 nitrogen and oxygen atoms in total. The minimum absolute atomic E-state index is 0. The predicted molar refractivity (Wildman–Crippen MR) is 93.6 cm³/mol. The van der Waals surface area contributed by atoms with Crippen LogP contribution in [0.25, 0.3) is 0 Å². The average molecular weight is 806 g/mol. The van der Waals surface area contributed by atoms with E-state index >= 15 is 0 Å². The van der Waals surface area contributed by atoms with Gasteiger partial charge in [-0.3, -0.25) is 0 Å². The predicted octanol–water partition coefficient (Wildman–Crippen LogP) is -3.61. The van der Waals surface area contributed by atoms with Crippen molar-refractivity contribution >= 4 is 121 Å². The Bertz CT molecular complexity index is 26.9. The standard InChI is InChI=1S/CH3.7Fe.Mo.9H2S/h1H3;;;;;;;;;9*1H2/q-1;;;;;;;+2;;;;;;;;;;/p-3. The van der Waals surface area contributed by atoms with E-state index in [0.717, 1.165) is 0 Å². The van der Waals surface area contributed by atoms with Gasteiger partial charge in [-0.15, -0.1) is 0 Å². The fraction of sp³-hybridized carbons (Fsp3) is 0. The molecule has 0 amide bonds. The largest absolute Gasteiger partial charge is 2.00 e. The van der Waals surface area contributed by atoms with E-state index in [9.17, 15) is 0 Å². The van der Waals surface area contributed by atoms with Crippen LogP contribution in [-0.2, 0) is 262 Å². The van der Waals surface area contributed by atoms with Crippen LogP contribution in [0, 0.1) is 7.43 Å². The van der Waals surface area contributed by atoms with Crippen molar-refractivity contribution in [2.24, 2.45) is 0 Å². The van der Waals surface area contributed by atoms with Gasteiger partial charge in [0.15, 0.2) is 0 Å². The van der Waals surface area contributed by atoms with E-state index in [2.05, 4.69) is 0 Å². The van der Waals surface area contributed by atoms with Crippen molar-refractivity contribution in [2.75, 3.05) is 0 Å². The second kappa shape index (κ2) is 241. The van der Waals surface area contributed by atoms with Crippen LogP contribution in [0.4, 0.5) is 0 Å². The van der Waals surface area contributed by atoms with Gasteiger partial charge in [-0.2, -0.15) is 0 Å². The molecule has 0 aromatic heterocycles. The zero-order valence-corrected chi connectivity index (χ0v) is 26.9. The first-order valence-corrected chi connectivity index (χ1v) is 0. The third-order valence-corrected chi connectivity index (χ3v) is 0. The molecule has 0 aliphatic heterocycles. The topological polar surface area (TPSA) is 0 Å². The first kappa shape index (κ1) is 273. The molecule has 0 unspecified atom stereocenters. The first-order chi connectivity index (χ1) is 0. The van der Waals surface area contributed by atoms with Crippen LogP contribution in [0.2, 0.25) is 0 Å².